The van der Waals surface area contributed by atoms with E-state index in [1.165, 1.54) is 26.1 Å². The highest BCUT2D eigenvalue weighted by atomic mass is 79.9. The summed E-state index contributed by atoms with van der Waals surface area (Å²) in [6, 6.07) is 0. The molecule has 0 aromatic heterocycles. The molecule has 2 unspecified atom stereocenters. The van der Waals surface area contributed by atoms with Gasteiger partial charge in [0.2, 0.25) is 0 Å². The highest BCUT2D eigenvalue weighted by molar-refractivity contribution is 9.09. The molecule has 0 amide bonds. The molecule has 2 rings (SSSR count). The summed E-state index contributed by atoms with van der Waals surface area (Å²) in [6.07, 6.45) is 1.53. The summed E-state index contributed by atoms with van der Waals surface area (Å²) >= 11 is 3.45. The second kappa shape index (κ2) is 2.24. The van der Waals surface area contributed by atoms with Gasteiger partial charge in [-0.25, -0.2) is 0 Å². The summed E-state index contributed by atoms with van der Waals surface area (Å²) in [5.41, 5.74) is 0. The van der Waals surface area contributed by atoms with E-state index in [9.17, 15) is 0 Å². The first kappa shape index (κ1) is 6.17. The topological polar surface area (TPSA) is 3.24 Å². The Kier molecular flexibility index (Phi) is 1.54. The number of hydrogen-bond acceptors (Lipinski definition) is 1. The summed E-state index contributed by atoms with van der Waals surface area (Å²) in [5, 5.41) is 1.15. The van der Waals surface area contributed by atoms with E-state index in [1.54, 1.807) is 0 Å². The molecule has 1 saturated heterocycles. The van der Waals surface area contributed by atoms with Gasteiger partial charge in [0.1, 0.15) is 0 Å². The smallest absolute Gasteiger partial charge is 0.0159 e. The second-order valence-electron chi connectivity index (χ2n) is 3.20. The highest BCUT2D eigenvalue weighted by Crippen LogP contribution is 2.44. The zero-order valence-electron chi connectivity index (χ0n) is 5.52. The first-order valence-corrected chi connectivity index (χ1v) is 4.80. The minimum absolute atomic E-state index is 1.10. The lowest BCUT2D eigenvalue weighted by molar-refractivity contribution is 0.325. The molecule has 0 aromatic carbocycles. The zero-order valence-corrected chi connectivity index (χ0v) is 7.10. The molecule has 2 aliphatic rings. The first-order chi connectivity index (χ1) is 4.40. The van der Waals surface area contributed by atoms with Gasteiger partial charge in [0.15, 0.2) is 0 Å². The fraction of sp³-hybridized carbons (Fsp3) is 1.00. The third-order valence-corrected chi connectivity index (χ3v) is 2.81. The third-order valence-electron chi connectivity index (χ3n) is 2.46. The van der Waals surface area contributed by atoms with Crippen molar-refractivity contribution in [1.82, 2.24) is 4.90 Å². The predicted molar refractivity (Wildman–Crippen MR) is 41.8 cm³/mol. The Labute approximate surface area is 64.5 Å². The molecule has 0 spiro atoms. The van der Waals surface area contributed by atoms with E-state index in [1.807, 2.05) is 0 Å². The van der Waals surface area contributed by atoms with Crippen molar-refractivity contribution in [2.45, 2.75) is 6.42 Å². The Morgan fingerprint density at radius 1 is 1.33 bits per heavy atom. The van der Waals surface area contributed by atoms with Crippen molar-refractivity contribution in [2.24, 2.45) is 11.8 Å². The van der Waals surface area contributed by atoms with Crippen LogP contribution < -0.4 is 0 Å². The van der Waals surface area contributed by atoms with Gasteiger partial charge in [-0.15, -0.1) is 0 Å². The normalized spacial score (nSPS) is 41.0. The molecule has 0 N–H and O–H groups in total. The molecule has 1 saturated carbocycles. The van der Waals surface area contributed by atoms with Crippen LogP contribution in [0, 0.1) is 11.8 Å². The van der Waals surface area contributed by atoms with Crippen LogP contribution >= 0.6 is 15.9 Å². The first-order valence-electron chi connectivity index (χ1n) is 3.68. The van der Waals surface area contributed by atoms with Gasteiger partial charge < -0.3 is 4.90 Å². The largest absolute Gasteiger partial charge is 0.302 e. The van der Waals surface area contributed by atoms with Crippen LogP contribution in [0.25, 0.3) is 0 Å². The molecule has 1 aliphatic carbocycles. The van der Waals surface area contributed by atoms with E-state index in [0.29, 0.717) is 0 Å². The molecule has 0 bridgehead atoms. The Balaban J connectivity index is 1.77. The monoisotopic (exact) mass is 189 g/mol. The Hall–Kier alpha value is 0.440. The van der Waals surface area contributed by atoms with Gasteiger partial charge >= 0.3 is 0 Å². The summed E-state index contributed by atoms with van der Waals surface area (Å²) in [4.78, 5) is 2.56. The van der Waals surface area contributed by atoms with Crippen molar-refractivity contribution >= 4 is 15.9 Å². The number of nitrogens with zero attached hydrogens (tertiary/aromatic N) is 1. The van der Waals surface area contributed by atoms with Crippen LogP contribution in [0.3, 0.4) is 0 Å². The van der Waals surface area contributed by atoms with Crippen molar-refractivity contribution in [3.63, 3.8) is 0 Å². The van der Waals surface area contributed by atoms with Crippen molar-refractivity contribution in [2.75, 3.05) is 25.0 Å². The number of rotatable bonds is 2. The number of fused-ring (bicyclic) bond motifs is 1. The van der Waals surface area contributed by atoms with Gasteiger partial charge in [-0.3, -0.25) is 0 Å². The van der Waals surface area contributed by atoms with Crippen LogP contribution in [0.2, 0.25) is 0 Å². The SMILES string of the molecule is BrCCN1CC2CC2C1. The van der Waals surface area contributed by atoms with Gasteiger partial charge in [0.05, 0.1) is 0 Å². The minimum atomic E-state index is 1.10. The van der Waals surface area contributed by atoms with E-state index in [0.717, 1.165) is 17.2 Å². The third kappa shape index (κ3) is 1.15. The van der Waals surface area contributed by atoms with Crippen LogP contribution in [0.4, 0.5) is 0 Å². The minimum Gasteiger partial charge on any atom is -0.302 e. The molecular formula is C7H12BrN. The molecule has 9 heavy (non-hydrogen) atoms. The summed E-state index contributed by atoms with van der Waals surface area (Å²) in [7, 11) is 0. The lowest BCUT2D eigenvalue weighted by atomic mass is 10.4. The van der Waals surface area contributed by atoms with Gasteiger partial charge in [-0.05, 0) is 18.3 Å². The van der Waals surface area contributed by atoms with E-state index in [-0.39, 0.29) is 0 Å². The average molecular weight is 190 g/mol. The molecular weight excluding hydrogens is 178 g/mol. The Morgan fingerprint density at radius 2 is 2.00 bits per heavy atom. The molecule has 1 nitrogen and oxygen atoms in total. The highest BCUT2D eigenvalue weighted by Gasteiger charge is 2.44. The number of piperidine rings is 1. The van der Waals surface area contributed by atoms with Crippen molar-refractivity contribution in [1.29, 1.82) is 0 Å². The summed E-state index contributed by atoms with van der Waals surface area (Å²) in [6.45, 7) is 4.03. The lowest BCUT2D eigenvalue weighted by Crippen LogP contribution is -2.24. The maximum absolute atomic E-state index is 3.45. The Bertz CT molecular complexity index is 105. The van der Waals surface area contributed by atoms with Crippen LogP contribution in [-0.4, -0.2) is 29.9 Å². The number of likely N-dealkylation sites (tertiary alicyclic amines) is 1. The zero-order chi connectivity index (χ0) is 6.27. The van der Waals surface area contributed by atoms with Gasteiger partial charge in [0.25, 0.3) is 0 Å². The summed E-state index contributed by atoms with van der Waals surface area (Å²) < 4.78 is 0. The average Bonchev–Trinajstić information content (AvgIpc) is 2.42. The molecule has 1 heterocycles. The maximum Gasteiger partial charge on any atom is 0.0159 e. The standard InChI is InChI=1S/C7H12BrN/c8-1-2-9-4-6-3-7(6)5-9/h6-7H,1-5H2. The fourth-order valence-corrected chi connectivity index (χ4v) is 2.30. The molecule has 1 aliphatic heterocycles. The van der Waals surface area contributed by atoms with Crippen LogP contribution in [0.1, 0.15) is 6.42 Å². The molecule has 2 fully saturated rings. The molecule has 2 atom stereocenters. The molecule has 0 radical (unpaired) electrons. The lowest BCUT2D eigenvalue weighted by Gasteiger charge is -2.14. The van der Waals surface area contributed by atoms with E-state index >= 15 is 0 Å². The van der Waals surface area contributed by atoms with Gasteiger partial charge in [-0.1, -0.05) is 15.9 Å². The number of alkyl halides is 1. The van der Waals surface area contributed by atoms with Crippen molar-refractivity contribution < 1.29 is 0 Å². The van der Waals surface area contributed by atoms with E-state index in [2.05, 4.69) is 20.8 Å². The van der Waals surface area contributed by atoms with Crippen molar-refractivity contribution in [3.8, 4) is 0 Å². The second-order valence-corrected chi connectivity index (χ2v) is 4.00. The number of halogens is 1. The summed E-state index contributed by atoms with van der Waals surface area (Å²) in [5.74, 6) is 2.20. The number of hydrogen-bond donors (Lipinski definition) is 0. The van der Waals surface area contributed by atoms with Crippen molar-refractivity contribution in [3.05, 3.63) is 0 Å². The quantitative estimate of drug-likeness (QED) is 0.594. The van der Waals surface area contributed by atoms with E-state index < -0.39 is 0 Å². The molecule has 52 valence electrons. The maximum atomic E-state index is 3.45. The molecule has 2 heteroatoms. The van der Waals surface area contributed by atoms with Crippen LogP contribution in [-0.2, 0) is 0 Å². The van der Waals surface area contributed by atoms with E-state index in [4.69, 9.17) is 0 Å². The van der Waals surface area contributed by atoms with Gasteiger partial charge in [0, 0.05) is 25.0 Å². The van der Waals surface area contributed by atoms with Crippen LogP contribution in [0.15, 0.2) is 0 Å². The predicted octanol–water partition coefficient (Wildman–Crippen LogP) is 1.33. The molecule has 0 aromatic rings. The van der Waals surface area contributed by atoms with Gasteiger partial charge in [-0.2, -0.15) is 0 Å². The Morgan fingerprint density at radius 3 is 2.56 bits per heavy atom. The van der Waals surface area contributed by atoms with Crippen LogP contribution in [0.5, 0.6) is 0 Å². The fourth-order valence-electron chi connectivity index (χ4n) is 1.80.